The van der Waals surface area contributed by atoms with Crippen LogP contribution in [-0.4, -0.2) is 39.6 Å². The van der Waals surface area contributed by atoms with Gasteiger partial charge in [0.15, 0.2) is 5.65 Å². The highest BCUT2D eigenvalue weighted by molar-refractivity contribution is 5.99. The standard InChI is InChI=1S/C18H17F2N5O/c1-11-5-8-25-17(22-11)13(9-21-25)18(26)23-12-6-7-24(10-12)16-14(19)3-2-4-15(16)20/h2-5,8-9,12H,6-7,10H2,1H3,(H,23,26). The second-order valence-electron chi connectivity index (χ2n) is 6.37. The number of halogens is 2. The van der Waals surface area contributed by atoms with E-state index in [1.807, 2.05) is 6.92 Å². The number of anilines is 1. The minimum Gasteiger partial charge on any atom is -0.365 e. The fraction of sp³-hybridized carbons (Fsp3) is 0.278. The molecule has 1 aliphatic rings. The Balaban J connectivity index is 1.50. The van der Waals surface area contributed by atoms with E-state index in [0.29, 0.717) is 30.7 Å². The quantitative estimate of drug-likeness (QED) is 0.782. The van der Waals surface area contributed by atoms with Crippen molar-refractivity contribution in [3.05, 3.63) is 59.6 Å². The number of nitrogens with zero attached hydrogens (tertiary/aromatic N) is 4. The third kappa shape index (κ3) is 2.87. The first kappa shape index (κ1) is 16.4. The summed E-state index contributed by atoms with van der Waals surface area (Å²) >= 11 is 0. The Morgan fingerprint density at radius 2 is 2.04 bits per heavy atom. The van der Waals surface area contributed by atoms with Gasteiger partial charge in [-0.1, -0.05) is 6.07 Å². The molecule has 1 saturated heterocycles. The number of hydrogen-bond acceptors (Lipinski definition) is 4. The highest BCUT2D eigenvalue weighted by Crippen LogP contribution is 2.26. The molecule has 3 aromatic rings. The summed E-state index contributed by atoms with van der Waals surface area (Å²) in [5.74, 6) is -1.49. The number of nitrogens with one attached hydrogen (secondary N) is 1. The molecule has 6 nitrogen and oxygen atoms in total. The number of amides is 1. The topological polar surface area (TPSA) is 62.5 Å². The van der Waals surface area contributed by atoms with Crippen LogP contribution < -0.4 is 10.2 Å². The molecule has 0 spiro atoms. The molecule has 8 heteroatoms. The predicted molar refractivity (Wildman–Crippen MR) is 92.2 cm³/mol. The van der Waals surface area contributed by atoms with Gasteiger partial charge in [-0.2, -0.15) is 5.10 Å². The van der Waals surface area contributed by atoms with E-state index in [9.17, 15) is 13.6 Å². The van der Waals surface area contributed by atoms with E-state index in [1.54, 1.807) is 17.2 Å². The average Bonchev–Trinajstić information content (AvgIpc) is 3.21. The Morgan fingerprint density at radius 3 is 2.81 bits per heavy atom. The first-order chi connectivity index (χ1) is 12.5. The number of hydrogen-bond donors (Lipinski definition) is 1. The van der Waals surface area contributed by atoms with Crippen LogP contribution in [0.5, 0.6) is 0 Å². The van der Waals surface area contributed by atoms with Crippen LogP contribution in [0.3, 0.4) is 0 Å². The summed E-state index contributed by atoms with van der Waals surface area (Å²) in [6, 6.07) is 5.40. The number of para-hydroxylation sites is 1. The van der Waals surface area contributed by atoms with Crippen molar-refractivity contribution in [2.45, 2.75) is 19.4 Å². The van der Waals surface area contributed by atoms with Gasteiger partial charge in [0.05, 0.1) is 6.20 Å². The predicted octanol–water partition coefficient (Wildman–Crippen LogP) is 2.32. The van der Waals surface area contributed by atoms with Crippen LogP contribution in [-0.2, 0) is 0 Å². The fourth-order valence-electron chi connectivity index (χ4n) is 3.25. The van der Waals surface area contributed by atoms with E-state index in [2.05, 4.69) is 15.4 Å². The minimum absolute atomic E-state index is 0.0440. The number of aryl methyl sites for hydroxylation is 1. The Hall–Kier alpha value is -3.03. The summed E-state index contributed by atoms with van der Waals surface area (Å²) in [6.07, 6.45) is 3.82. The van der Waals surface area contributed by atoms with Crippen LogP contribution >= 0.6 is 0 Å². The number of fused-ring (bicyclic) bond motifs is 1. The summed E-state index contributed by atoms with van der Waals surface area (Å²) in [5.41, 5.74) is 1.60. The second kappa shape index (κ2) is 6.36. The maximum absolute atomic E-state index is 13.9. The van der Waals surface area contributed by atoms with Crippen molar-refractivity contribution in [1.82, 2.24) is 19.9 Å². The van der Waals surface area contributed by atoms with Gasteiger partial charge in [0.25, 0.3) is 5.91 Å². The Kier molecular flexibility index (Phi) is 4.02. The molecule has 1 atom stereocenters. The number of benzene rings is 1. The summed E-state index contributed by atoms with van der Waals surface area (Å²) in [7, 11) is 0. The van der Waals surface area contributed by atoms with E-state index in [4.69, 9.17) is 0 Å². The van der Waals surface area contributed by atoms with Crippen LogP contribution in [0.2, 0.25) is 0 Å². The zero-order valence-corrected chi connectivity index (χ0v) is 14.1. The lowest BCUT2D eigenvalue weighted by Gasteiger charge is -2.20. The van der Waals surface area contributed by atoms with Crippen molar-refractivity contribution in [1.29, 1.82) is 0 Å². The molecule has 0 radical (unpaired) electrons. The van der Waals surface area contributed by atoms with Gasteiger partial charge in [-0.15, -0.1) is 0 Å². The average molecular weight is 357 g/mol. The van der Waals surface area contributed by atoms with Gasteiger partial charge in [0.2, 0.25) is 0 Å². The molecule has 0 bridgehead atoms. The Bertz CT molecular complexity index is 967. The molecule has 3 heterocycles. The molecule has 1 N–H and O–H groups in total. The number of carbonyl (C=O) groups excluding carboxylic acids is 1. The molecule has 1 amide bonds. The summed E-state index contributed by atoms with van der Waals surface area (Å²) in [5, 5.41) is 7.04. The maximum Gasteiger partial charge on any atom is 0.257 e. The van der Waals surface area contributed by atoms with Gasteiger partial charge < -0.3 is 10.2 Å². The van der Waals surface area contributed by atoms with E-state index < -0.39 is 11.6 Å². The van der Waals surface area contributed by atoms with Gasteiger partial charge in [0, 0.05) is 31.0 Å². The molecule has 1 unspecified atom stereocenters. The zero-order valence-electron chi connectivity index (χ0n) is 14.1. The molecular weight excluding hydrogens is 340 g/mol. The SMILES string of the molecule is Cc1ccn2ncc(C(=O)NC3CCN(c4c(F)cccc4F)C3)c2n1. The highest BCUT2D eigenvalue weighted by atomic mass is 19.1. The molecule has 1 aromatic carbocycles. The van der Waals surface area contributed by atoms with Crippen molar-refractivity contribution in [2.75, 3.05) is 18.0 Å². The van der Waals surface area contributed by atoms with E-state index in [-0.39, 0.29) is 17.6 Å². The van der Waals surface area contributed by atoms with Crippen molar-refractivity contribution < 1.29 is 13.6 Å². The second-order valence-corrected chi connectivity index (χ2v) is 6.37. The van der Waals surface area contributed by atoms with Gasteiger partial charge in [-0.05, 0) is 31.5 Å². The smallest absolute Gasteiger partial charge is 0.257 e. The van der Waals surface area contributed by atoms with Crippen LogP contribution in [0.4, 0.5) is 14.5 Å². The lowest BCUT2D eigenvalue weighted by molar-refractivity contribution is 0.0942. The number of rotatable bonds is 3. The monoisotopic (exact) mass is 357 g/mol. The number of carbonyl (C=O) groups is 1. The van der Waals surface area contributed by atoms with E-state index >= 15 is 0 Å². The first-order valence-electron chi connectivity index (χ1n) is 8.34. The summed E-state index contributed by atoms with van der Waals surface area (Å²) in [4.78, 5) is 18.6. The van der Waals surface area contributed by atoms with Crippen LogP contribution in [0, 0.1) is 18.6 Å². The third-order valence-corrected chi connectivity index (χ3v) is 4.53. The molecule has 134 valence electrons. The fourth-order valence-corrected chi connectivity index (χ4v) is 3.25. The van der Waals surface area contributed by atoms with Crippen LogP contribution in [0.25, 0.3) is 5.65 Å². The molecule has 1 aliphatic heterocycles. The van der Waals surface area contributed by atoms with Crippen LogP contribution in [0.1, 0.15) is 22.5 Å². The number of aromatic nitrogens is 3. The third-order valence-electron chi connectivity index (χ3n) is 4.53. The van der Waals surface area contributed by atoms with Gasteiger partial charge >= 0.3 is 0 Å². The summed E-state index contributed by atoms with van der Waals surface area (Å²) in [6.45, 7) is 2.65. The largest absolute Gasteiger partial charge is 0.365 e. The van der Waals surface area contributed by atoms with Crippen molar-refractivity contribution in [3.63, 3.8) is 0 Å². The zero-order chi connectivity index (χ0) is 18.3. The normalized spacial score (nSPS) is 17.0. The van der Waals surface area contributed by atoms with Crippen LogP contribution in [0.15, 0.2) is 36.7 Å². The lowest BCUT2D eigenvalue weighted by atomic mass is 10.2. The van der Waals surface area contributed by atoms with Gasteiger partial charge in [0.1, 0.15) is 22.9 Å². The molecular formula is C18H17F2N5O. The van der Waals surface area contributed by atoms with Crippen molar-refractivity contribution in [3.8, 4) is 0 Å². The molecule has 0 saturated carbocycles. The lowest BCUT2D eigenvalue weighted by Crippen LogP contribution is -2.37. The van der Waals surface area contributed by atoms with E-state index in [0.717, 1.165) is 5.69 Å². The van der Waals surface area contributed by atoms with Crippen molar-refractivity contribution in [2.24, 2.45) is 0 Å². The molecule has 26 heavy (non-hydrogen) atoms. The van der Waals surface area contributed by atoms with Crippen molar-refractivity contribution >= 4 is 17.2 Å². The molecule has 4 rings (SSSR count). The Labute approximate surface area is 148 Å². The van der Waals surface area contributed by atoms with E-state index in [1.165, 1.54) is 28.9 Å². The minimum atomic E-state index is -0.598. The van der Waals surface area contributed by atoms with Gasteiger partial charge in [-0.25, -0.2) is 18.3 Å². The molecule has 2 aromatic heterocycles. The first-order valence-corrected chi connectivity index (χ1v) is 8.34. The van der Waals surface area contributed by atoms with Gasteiger partial charge in [-0.3, -0.25) is 4.79 Å². The molecule has 1 fully saturated rings. The maximum atomic E-state index is 13.9. The molecule has 0 aliphatic carbocycles. The summed E-state index contributed by atoms with van der Waals surface area (Å²) < 4.78 is 29.4. The Morgan fingerprint density at radius 1 is 1.27 bits per heavy atom. The highest BCUT2D eigenvalue weighted by Gasteiger charge is 2.28.